The number of hydrogen-bond acceptors (Lipinski definition) is 1. The van der Waals surface area contributed by atoms with Gasteiger partial charge in [0.1, 0.15) is 5.82 Å². The first kappa shape index (κ1) is 13.0. The molecule has 0 radical (unpaired) electrons. The summed E-state index contributed by atoms with van der Waals surface area (Å²) in [5.74, 6) is 0.438. The van der Waals surface area contributed by atoms with Gasteiger partial charge in [-0.05, 0) is 36.6 Å². The van der Waals surface area contributed by atoms with E-state index in [9.17, 15) is 4.39 Å². The van der Waals surface area contributed by atoms with Gasteiger partial charge in [0.2, 0.25) is 0 Å². The van der Waals surface area contributed by atoms with E-state index in [2.05, 4.69) is 9.89 Å². The van der Waals surface area contributed by atoms with Crippen molar-refractivity contribution in [3.8, 4) is 0 Å². The maximum atomic E-state index is 13.3. The van der Waals surface area contributed by atoms with Crippen molar-refractivity contribution in [2.75, 3.05) is 19.6 Å². The Hall–Kier alpha value is -2.04. The number of guanidine groups is 1. The fourth-order valence-electron chi connectivity index (χ4n) is 2.58. The van der Waals surface area contributed by atoms with Gasteiger partial charge in [-0.3, -0.25) is 4.99 Å². The Balaban J connectivity index is 1.74. The molecule has 0 aliphatic carbocycles. The lowest BCUT2D eigenvalue weighted by Gasteiger charge is -2.31. The topological polar surface area (TPSA) is 46.6 Å². The highest BCUT2D eigenvalue weighted by Crippen LogP contribution is 2.22. The molecule has 1 aliphatic heterocycles. The van der Waals surface area contributed by atoms with E-state index >= 15 is 0 Å². The van der Waals surface area contributed by atoms with Gasteiger partial charge in [0, 0.05) is 38.3 Å². The van der Waals surface area contributed by atoms with E-state index in [4.69, 9.17) is 5.73 Å². The van der Waals surface area contributed by atoms with Crippen molar-refractivity contribution in [3.63, 3.8) is 0 Å². The fourth-order valence-corrected chi connectivity index (χ4v) is 2.58. The summed E-state index contributed by atoms with van der Waals surface area (Å²) in [7, 11) is 1.93. The third kappa shape index (κ3) is 2.35. The number of nitrogens with two attached hydrogens (primary N) is 1. The molecule has 1 fully saturated rings. The molecule has 2 aromatic rings. The van der Waals surface area contributed by atoms with Crippen LogP contribution in [0.3, 0.4) is 0 Å². The smallest absolute Gasteiger partial charge is 0.191 e. The van der Waals surface area contributed by atoms with Crippen LogP contribution in [0.5, 0.6) is 0 Å². The van der Waals surface area contributed by atoms with E-state index in [1.165, 1.54) is 18.1 Å². The number of nitrogens with zero attached hydrogens (tertiary/aromatic N) is 3. The number of aromatic nitrogens is 1. The molecule has 0 amide bonds. The standard InChI is InChI=1S/C15H19FN4/c1-19-10-11(13-4-3-12(16)9-14(13)19)5-6-18-15(17)20-7-2-8-20/h3-4,9-10H,2,5-8H2,1H3,(H2,17,18). The highest BCUT2D eigenvalue weighted by molar-refractivity contribution is 5.84. The van der Waals surface area contributed by atoms with Crippen molar-refractivity contribution in [1.82, 2.24) is 9.47 Å². The first-order chi connectivity index (χ1) is 9.65. The number of aliphatic imine (C=N–C) groups is 1. The quantitative estimate of drug-likeness (QED) is 0.686. The minimum absolute atomic E-state index is 0.203. The van der Waals surface area contributed by atoms with Crippen LogP contribution in [0.2, 0.25) is 0 Å². The van der Waals surface area contributed by atoms with Crippen molar-refractivity contribution in [1.29, 1.82) is 0 Å². The third-order valence-electron chi connectivity index (χ3n) is 3.87. The summed E-state index contributed by atoms with van der Waals surface area (Å²) < 4.78 is 15.2. The minimum atomic E-state index is -0.203. The monoisotopic (exact) mass is 274 g/mol. The molecule has 0 atom stereocenters. The molecule has 0 spiro atoms. The Morgan fingerprint density at radius 2 is 2.20 bits per heavy atom. The van der Waals surface area contributed by atoms with Crippen LogP contribution >= 0.6 is 0 Å². The van der Waals surface area contributed by atoms with Gasteiger partial charge >= 0.3 is 0 Å². The summed E-state index contributed by atoms with van der Waals surface area (Å²) in [5.41, 5.74) is 8.00. The molecule has 1 saturated heterocycles. The van der Waals surface area contributed by atoms with Gasteiger partial charge < -0.3 is 15.2 Å². The average molecular weight is 274 g/mol. The van der Waals surface area contributed by atoms with Gasteiger partial charge in [-0.25, -0.2) is 4.39 Å². The second kappa shape index (κ2) is 5.15. The van der Waals surface area contributed by atoms with Crippen molar-refractivity contribution >= 4 is 16.9 Å². The second-order valence-corrected chi connectivity index (χ2v) is 5.26. The third-order valence-corrected chi connectivity index (χ3v) is 3.87. The summed E-state index contributed by atoms with van der Waals surface area (Å²) in [6.45, 7) is 2.70. The predicted octanol–water partition coefficient (Wildman–Crippen LogP) is 1.88. The molecule has 5 heteroatoms. The van der Waals surface area contributed by atoms with Gasteiger partial charge in [-0.15, -0.1) is 0 Å². The molecule has 4 nitrogen and oxygen atoms in total. The molecule has 106 valence electrons. The molecular formula is C15H19FN4. The van der Waals surface area contributed by atoms with Crippen LogP contribution in [0.4, 0.5) is 4.39 Å². The molecule has 0 unspecified atom stereocenters. The number of aryl methyl sites for hydroxylation is 1. The van der Waals surface area contributed by atoms with Gasteiger partial charge in [-0.2, -0.15) is 0 Å². The molecular weight excluding hydrogens is 255 g/mol. The van der Waals surface area contributed by atoms with E-state index in [0.717, 1.165) is 30.4 Å². The van der Waals surface area contributed by atoms with Crippen LogP contribution in [0.15, 0.2) is 29.4 Å². The van der Waals surface area contributed by atoms with Crippen molar-refractivity contribution in [3.05, 3.63) is 35.8 Å². The van der Waals surface area contributed by atoms with Crippen LogP contribution in [0, 0.1) is 5.82 Å². The summed E-state index contributed by atoms with van der Waals surface area (Å²) in [6, 6.07) is 4.91. The molecule has 0 saturated carbocycles. The molecule has 2 heterocycles. The van der Waals surface area contributed by atoms with Gasteiger partial charge in [0.25, 0.3) is 0 Å². The van der Waals surface area contributed by atoms with E-state index in [0.29, 0.717) is 12.5 Å². The Bertz CT molecular complexity index is 655. The zero-order valence-corrected chi connectivity index (χ0v) is 11.6. The van der Waals surface area contributed by atoms with Crippen molar-refractivity contribution in [2.24, 2.45) is 17.8 Å². The van der Waals surface area contributed by atoms with E-state index < -0.39 is 0 Å². The number of fused-ring (bicyclic) bond motifs is 1. The summed E-state index contributed by atoms with van der Waals surface area (Å²) in [4.78, 5) is 6.49. The molecule has 3 rings (SSSR count). The molecule has 1 aliphatic rings. The van der Waals surface area contributed by atoms with Crippen molar-refractivity contribution < 1.29 is 4.39 Å². The number of hydrogen-bond donors (Lipinski definition) is 1. The summed E-state index contributed by atoms with van der Waals surface area (Å²) in [5, 5.41) is 1.09. The van der Waals surface area contributed by atoms with Crippen LogP contribution in [0.25, 0.3) is 10.9 Å². The van der Waals surface area contributed by atoms with Crippen molar-refractivity contribution in [2.45, 2.75) is 12.8 Å². The zero-order valence-electron chi connectivity index (χ0n) is 11.6. The Labute approximate surface area is 117 Å². The van der Waals surface area contributed by atoms with Crippen LogP contribution in [-0.2, 0) is 13.5 Å². The lowest BCUT2D eigenvalue weighted by Crippen LogP contribution is -2.46. The number of likely N-dealkylation sites (tertiary alicyclic amines) is 1. The summed E-state index contributed by atoms with van der Waals surface area (Å²) >= 11 is 0. The Morgan fingerprint density at radius 1 is 1.40 bits per heavy atom. The van der Waals surface area contributed by atoms with Crippen LogP contribution in [0.1, 0.15) is 12.0 Å². The lowest BCUT2D eigenvalue weighted by molar-refractivity contribution is 0.296. The van der Waals surface area contributed by atoms with Crippen LogP contribution < -0.4 is 5.73 Å². The molecule has 1 aromatic carbocycles. The number of halogens is 1. The van der Waals surface area contributed by atoms with E-state index in [-0.39, 0.29) is 5.82 Å². The molecule has 1 aromatic heterocycles. The maximum absolute atomic E-state index is 13.3. The molecule has 2 N–H and O–H groups in total. The largest absolute Gasteiger partial charge is 0.370 e. The maximum Gasteiger partial charge on any atom is 0.191 e. The Morgan fingerprint density at radius 3 is 2.90 bits per heavy atom. The fraction of sp³-hybridized carbons (Fsp3) is 0.400. The van der Waals surface area contributed by atoms with Gasteiger partial charge in [0.15, 0.2) is 5.96 Å². The summed E-state index contributed by atoms with van der Waals surface area (Å²) in [6.07, 6.45) is 4.06. The van der Waals surface area contributed by atoms with Crippen LogP contribution in [-0.4, -0.2) is 35.1 Å². The van der Waals surface area contributed by atoms with Gasteiger partial charge in [0.05, 0.1) is 5.52 Å². The first-order valence-corrected chi connectivity index (χ1v) is 6.93. The van der Waals surface area contributed by atoms with E-state index in [1.54, 1.807) is 6.07 Å². The van der Waals surface area contributed by atoms with Gasteiger partial charge in [-0.1, -0.05) is 0 Å². The lowest BCUT2D eigenvalue weighted by atomic mass is 10.1. The highest BCUT2D eigenvalue weighted by atomic mass is 19.1. The SMILES string of the molecule is Cn1cc(CCN=C(N)N2CCC2)c2ccc(F)cc21. The number of benzene rings is 1. The number of rotatable bonds is 3. The normalized spacial score (nSPS) is 15.7. The Kier molecular flexibility index (Phi) is 3.34. The first-order valence-electron chi connectivity index (χ1n) is 6.93. The zero-order chi connectivity index (χ0) is 14.1. The average Bonchev–Trinajstić information content (AvgIpc) is 2.64. The molecule has 0 bridgehead atoms. The predicted molar refractivity (Wildman–Crippen MR) is 79.3 cm³/mol. The molecule has 20 heavy (non-hydrogen) atoms. The minimum Gasteiger partial charge on any atom is -0.370 e. The second-order valence-electron chi connectivity index (χ2n) is 5.26. The van der Waals surface area contributed by atoms with E-state index in [1.807, 2.05) is 23.9 Å². The highest BCUT2D eigenvalue weighted by Gasteiger charge is 2.15.